The molecule has 2 aromatic carbocycles. The lowest BCUT2D eigenvalue weighted by Gasteiger charge is -2.14. The summed E-state index contributed by atoms with van der Waals surface area (Å²) in [6.45, 7) is 0. The summed E-state index contributed by atoms with van der Waals surface area (Å²) in [4.78, 5) is 12.5. The molecule has 4 rings (SSSR count). The lowest BCUT2D eigenvalue weighted by Crippen LogP contribution is -2.37. The molecule has 3 N–H and O–H groups in total. The fourth-order valence-corrected chi connectivity index (χ4v) is 3.11. The maximum absolute atomic E-state index is 12.5. The van der Waals surface area contributed by atoms with Crippen LogP contribution in [0.25, 0.3) is 5.69 Å². The molecule has 0 spiro atoms. The number of nitrogens with one attached hydrogen (secondary N) is 1. The molecule has 1 aliphatic rings. The van der Waals surface area contributed by atoms with E-state index in [0.717, 1.165) is 24.2 Å². The summed E-state index contributed by atoms with van der Waals surface area (Å²) in [6, 6.07) is 14.2. The van der Waals surface area contributed by atoms with Gasteiger partial charge in [-0.25, -0.2) is 0 Å². The third kappa shape index (κ3) is 3.99. The second kappa shape index (κ2) is 7.46. The van der Waals surface area contributed by atoms with Gasteiger partial charge in [0, 0.05) is 11.6 Å². The largest absolute Gasteiger partial charge is 0.325 e. The van der Waals surface area contributed by atoms with E-state index in [1.165, 1.54) is 0 Å². The molecule has 1 heterocycles. The number of aromatic nitrogens is 4. The smallest absolute Gasteiger partial charge is 0.241 e. The van der Waals surface area contributed by atoms with Crippen molar-refractivity contribution in [1.82, 2.24) is 20.2 Å². The molecule has 1 atom stereocenters. The van der Waals surface area contributed by atoms with Crippen LogP contribution in [0, 0.1) is 0 Å². The number of nitrogens with zero attached hydrogens (tertiary/aromatic N) is 4. The topological polar surface area (TPSA) is 98.7 Å². The van der Waals surface area contributed by atoms with E-state index in [9.17, 15) is 4.79 Å². The summed E-state index contributed by atoms with van der Waals surface area (Å²) >= 11 is 6.34. The predicted octanol–water partition coefficient (Wildman–Crippen LogP) is 2.70. The molecule has 0 saturated heterocycles. The summed E-state index contributed by atoms with van der Waals surface area (Å²) in [5, 5.41) is 15.3. The lowest BCUT2D eigenvalue weighted by molar-refractivity contribution is -0.117. The zero-order valence-corrected chi connectivity index (χ0v) is 15.3. The number of hydrogen-bond donors (Lipinski definition) is 2. The van der Waals surface area contributed by atoms with Crippen molar-refractivity contribution in [1.29, 1.82) is 0 Å². The predicted molar refractivity (Wildman–Crippen MR) is 103 cm³/mol. The second-order valence-corrected chi connectivity index (χ2v) is 7.08. The number of halogens is 1. The van der Waals surface area contributed by atoms with Gasteiger partial charge in [-0.3, -0.25) is 4.79 Å². The number of hydrogen-bond acceptors (Lipinski definition) is 5. The molecular weight excluding hydrogens is 364 g/mol. The minimum atomic E-state index is -0.651. The standard InChI is InChI=1S/C19H19ClN6O/c20-15-9-8-14(11-17(15)26-18(13-6-7-13)23-24-25-26)22-19(27)16(21)10-12-4-2-1-3-5-12/h1-5,8-9,11,13,16H,6-7,10,21H2,(H,22,27)/t16-/m0/s1. The number of amides is 1. The molecule has 8 heteroatoms. The van der Waals surface area contributed by atoms with E-state index in [2.05, 4.69) is 20.8 Å². The molecule has 1 aromatic heterocycles. The SMILES string of the molecule is N[C@@H](Cc1ccccc1)C(=O)Nc1ccc(Cl)c(-n2nnnc2C2CC2)c1. The number of benzene rings is 2. The number of carbonyl (C=O) groups is 1. The Bertz CT molecular complexity index is 954. The molecule has 1 amide bonds. The Hall–Kier alpha value is -2.77. The first-order chi connectivity index (χ1) is 13.1. The Morgan fingerprint density at radius 2 is 2.04 bits per heavy atom. The van der Waals surface area contributed by atoms with Crippen molar-refractivity contribution in [2.45, 2.75) is 31.2 Å². The van der Waals surface area contributed by atoms with Gasteiger partial charge in [0.05, 0.1) is 16.8 Å². The third-order valence-corrected chi connectivity index (χ3v) is 4.83. The monoisotopic (exact) mass is 382 g/mol. The van der Waals surface area contributed by atoms with Crippen molar-refractivity contribution in [3.63, 3.8) is 0 Å². The van der Waals surface area contributed by atoms with Crippen LogP contribution >= 0.6 is 11.6 Å². The van der Waals surface area contributed by atoms with Crippen LogP contribution in [0.3, 0.4) is 0 Å². The van der Waals surface area contributed by atoms with Crippen molar-refractivity contribution in [3.8, 4) is 5.69 Å². The highest BCUT2D eigenvalue weighted by atomic mass is 35.5. The van der Waals surface area contributed by atoms with Crippen molar-refractivity contribution in [2.75, 3.05) is 5.32 Å². The number of nitrogens with two attached hydrogens (primary N) is 1. The Balaban J connectivity index is 1.51. The quantitative estimate of drug-likeness (QED) is 0.682. The number of carbonyl (C=O) groups excluding carboxylic acids is 1. The number of tetrazole rings is 1. The molecule has 0 radical (unpaired) electrons. The van der Waals surface area contributed by atoms with Gasteiger partial charge in [0.1, 0.15) is 0 Å². The summed E-state index contributed by atoms with van der Waals surface area (Å²) in [7, 11) is 0. The van der Waals surface area contributed by atoms with Crippen LogP contribution in [-0.4, -0.2) is 32.2 Å². The molecule has 0 aliphatic heterocycles. The highest BCUT2D eigenvalue weighted by Gasteiger charge is 2.30. The van der Waals surface area contributed by atoms with Crippen LogP contribution in [0.15, 0.2) is 48.5 Å². The molecule has 138 valence electrons. The van der Waals surface area contributed by atoms with Crippen molar-refractivity contribution >= 4 is 23.2 Å². The molecule has 0 bridgehead atoms. The molecule has 1 saturated carbocycles. The highest BCUT2D eigenvalue weighted by molar-refractivity contribution is 6.32. The lowest BCUT2D eigenvalue weighted by atomic mass is 10.1. The zero-order chi connectivity index (χ0) is 18.8. The normalized spacial score (nSPS) is 14.7. The van der Waals surface area contributed by atoms with Crippen LogP contribution < -0.4 is 11.1 Å². The molecule has 7 nitrogen and oxygen atoms in total. The van der Waals surface area contributed by atoms with Gasteiger partial charge in [0.2, 0.25) is 5.91 Å². The van der Waals surface area contributed by atoms with Crippen molar-refractivity contribution in [3.05, 3.63) is 64.9 Å². The summed E-state index contributed by atoms with van der Waals surface area (Å²) < 4.78 is 1.64. The average Bonchev–Trinajstić information content (AvgIpc) is 3.41. The highest BCUT2D eigenvalue weighted by Crippen LogP contribution is 2.39. The van der Waals surface area contributed by atoms with Crippen LogP contribution in [0.5, 0.6) is 0 Å². The van der Waals surface area contributed by atoms with E-state index < -0.39 is 6.04 Å². The van der Waals surface area contributed by atoms with Crippen LogP contribution in [0.2, 0.25) is 5.02 Å². The van der Waals surface area contributed by atoms with E-state index in [-0.39, 0.29) is 5.91 Å². The van der Waals surface area contributed by atoms with Gasteiger partial charge in [-0.1, -0.05) is 41.9 Å². The molecule has 3 aromatic rings. The molecular formula is C19H19ClN6O. The van der Waals surface area contributed by atoms with Gasteiger partial charge in [0.15, 0.2) is 5.82 Å². The van der Waals surface area contributed by atoms with Crippen molar-refractivity contribution in [2.24, 2.45) is 5.73 Å². The molecule has 0 unspecified atom stereocenters. The number of rotatable bonds is 6. The van der Waals surface area contributed by atoms with Crippen LogP contribution in [0.1, 0.15) is 30.1 Å². The maximum Gasteiger partial charge on any atom is 0.241 e. The minimum Gasteiger partial charge on any atom is -0.325 e. The average molecular weight is 383 g/mol. The first-order valence-corrected chi connectivity index (χ1v) is 9.18. The van der Waals surface area contributed by atoms with E-state index in [4.69, 9.17) is 17.3 Å². The Morgan fingerprint density at radius 3 is 2.78 bits per heavy atom. The van der Waals surface area contributed by atoms with E-state index in [0.29, 0.717) is 28.7 Å². The molecule has 27 heavy (non-hydrogen) atoms. The molecule has 1 aliphatic carbocycles. The Morgan fingerprint density at radius 1 is 1.26 bits per heavy atom. The van der Waals surface area contributed by atoms with E-state index >= 15 is 0 Å². The minimum absolute atomic E-state index is 0.258. The van der Waals surface area contributed by atoms with Gasteiger partial charge < -0.3 is 11.1 Å². The maximum atomic E-state index is 12.5. The number of anilines is 1. The summed E-state index contributed by atoms with van der Waals surface area (Å²) in [5.74, 6) is 0.904. The van der Waals surface area contributed by atoms with Gasteiger partial charge in [-0.05, 0) is 53.5 Å². The zero-order valence-electron chi connectivity index (χ0n) is 14.5. The van der Waals surface area contributed by atoms with Crippen molar-refractivity contribution < 1.29 is 4.79 Å². The van der Waals surface area contributed by atoms with Gasteiger partial charge in [-0.15, -0.1) is 5.10 Å². The van der Waals surface area contributed by atoms with Crippen LogP contribution in [-0.2, 0) is 11.2 Å². The summed E-state index contributed by atoms with van der Waals surface area (Å²) in [6.07, 6.45) is 2.61. The van der Waals surface area contributed by atoms with Gasteiger partial charge in [-0.2, -0.15) is 4.68 Å². The molecule has 1 fully saturated rings. The van der Waals surface area contributed by atoms with E-state index in [1.807, 2.05) is 30.3 Å². The fourth-order valence-electron chi connectivity index (χ4n) is 2.91. The van der Waals surface area contributed by atoms with Gasteiger partial charge in [0.25, 0.3) is 0 Å². The first kappa shape index (κ1) is 17.6. The first-order valence-electron chi connectivity index (χ1n) is 8.80. The Kier molecular flexibility index (Phi) is 4.87. The van der Waals surface area contributed by atoms with Gasteiger partial charge >= 0.3 is 0 Å². The van der Waals surface area contributed by atoms with E-state index in [1.54, 1.807) is 22.9 Å². The fraction of sp³-hybridized carbons (Fsp3) is 0.263. The Labute approximate surface area is 161 Å². The second-order valence-electron chi connectivity index (χ2n) is 6.67. The third-order valence-electron chi connectivity index (χ3n) is 4.51. The van der Waals surface area contributed by atoms with Crippen LogP contribution in [0.4, 0.5) is 5.69 Å². The summed E-state index contributed by atoms with van der Waals surface area (Å²) in [5.41, 5.74) is 8.30.